The Morgan fingerprint density at radius 2 is 1.85 bits per heavy atom. The van der Waals surface area contributed by atoms with Crippen LogP contribution in [0.3, 0.4) is 0 Å². The van der Waals surface area contributed by atoms with Crippen molar-refractivity contribution in [3.8, 4) is 0 Å². The molecule has 4 heteroatoms. The Morgan fingerprint density at radius 1 is 1.19 bits per heavy atom. The lowest BCUT2D eigenvalue weighted by Gasteiger charge is -2.55. The van der Waals surface area contributed by atoms with E-state index in [-0.39, 0.29) is 40.8 Å². The third-order valence-electron chi connectivity index (χ3n) is 8.43. The van der Waals surface area contributed by atoms with Crippen molar-refractivity contribution in [2.45, 2.75) is 78.4 Å². The summed E-state index contributed by atoms with van der Waals surface area (Å²) in [5.41, 5.74) is 1.26. The van der Waals surface area contributed by atoms with E-state index >= 15 is 0 Å². The van der Waals surface area contributed by atoms with Crippen molar-refractivity contribution in [2.75, 3.05) is 14.1 Å². The van der Waals surface area contributed by atoms with Crippen LogP contribution in [0.25, 0.3) is 0 Å². The molecule has 7 atom stereocenters. The van der Waals surface area contributed by atoms with Crippen molar-refractivity contribution in [3.05, 3.63) is 11.6 Å². The normalized spacial score (nSPS) is 42.2. The fourth-order valence-electron chi connectivity index (χ4n) is 7.05. The van der Waals surface area contributed by atoms with E-state index in [1.54, 1.807) is 4.90 Å². The first kappa shape index (κ1) is 20.9. The standard InChI is InChI=1S/C23H39NO3/c1-14(25)20-17(8-7-15-13-16(26)11-12-23(15,20)4)18-9-10-19(22(18,2)3)21(27)24(5)6/h13-14,16-20,25-26H,7-12H2,1-6H3/t14-,16-,17-,18-,19+,20-,23-/m0/s1. The molecule has 2 saturated carbocycles. The van der Waals surface area contributed by atoms with Gasteiger partial charge in [0, 0.05) is 20.0 Å². The number of aliphatic hydroxyl groups excluding tert-OH is 2. The molecule has 2 fully saturated rings. The van der Waals surface area contributed by atoms with Crippen LogP contribution < -0.4 is 0 Å². The predicted octanol–water partition coefficient (Wildman–Crippen LogP) is 3.62. The average molecular weight is 378 g/mol. The highest BCUT2D eigenvalue weighted by molar-refractivity contribution is 5.79. The minimum Gasteiger partial charge on any atom is -0.393 e. The summed E-state index contributed by atoms with van der Waals surface area (Å²) in [6.07, 6.45) is 7.18. The van der Waals surface area contributed by atoms with E-state index in [1.165, 1.54) is 5.57 Å². The first-order chi connectivity index (χ1) is 12.5. The van der Waals surface area contributed by atoms with Crippen molar-refractivity contribution in [2.24, 2.45) is 34.5 Å². The molecule has 0 bridgehead atoms. The van der Waals surface area contributed by atoms with Gasteiger partial charge in [0.15, 0.2) is 0 Å². The topological polar surface area (TPSA) is 60.8 Å². The number of hydrogen-bond acceptors (Lipinski definition) is 3. The van der Waals surface area contributed by atoms with Gasteiger partial charge in [0.05, 0.1) is 12.2 Å². The number of nitrogens with zero attached hydrogens (tertiary/aromatic N) is 1. The smallest absolute Gasteiger partial charge is 0.225 e. The molecule has 0 heterocycles. The Kier molecular flexibility index (Phi) is 5.55. The number of aliphatic hydroxyl groups is 2. The van der Waals surface area contributed by atoms with Crippen LogP contribution >= 0.6 is 0 Å². The van der Waals surface area contributed by atoms with Gasteiger partial charge in [-0.2, -0.15) is 0 Å². The second-order valence-corrected chi connectivity index (χ2v) is 10.5. The fraction of sp³-hybridized carbons (Fsp3) is 0.870. The van der Waals surface area contributed by atoms with Gasteiger partial charge in [-0.3, -0.25) is 4.79 Å². The van der Waals surface area contributed by atoms with Crippen molar-refractivity contribution >= 4 is 5.91 Å². The molecule has 4 nitrogen and oxygen atoms in total. The summed E-state index contributed by atoms with van der Waals surface area (Å²) in [5, 5.41) is 21.0. The Balaban J connectivity index is 1.92. The number of carbonyl (C=O) groups is 1. The molecule has 154 valence electrons. The summed E-state index contributed by atoms with van der Waals surface area (Å²) in [6.45, 7) is 8.79. The number of carbonyl (C=O) groups excluding carboxylic acids is 1. The highest BCUT2D eigenvalue weighted by atomic mass is 16.3. The summed E-state index contributed by atoms with van der Waals surface area (Å²) in [5.74, 6) is 1.40. The van der Waals surface area contributed by atoms with Gasteiger partial charge in [0.1, 0.15) is 0 Å². The van der Waals surface area contributed by atoms with Crippen LogP contribution in [0, 0.1) is 34.5 Å². The third kappa shape index (κ3) is 3.37. The molecule has 0 aromatic carbocycles. The molecular weight excluding hydrogens is 338 g/mol. The maximum absolute atomic E-state index is 12.8. The van der Waals surface area contributed by atoms with Crippen LogP contribution in [0.5, 0.6) is 0 Å². The molecule has 3 aliphatic carbocycles. The molecule has 0 saturated heterocycles. The van der Waals surface area contributed by atoms with E-state index in [9.17, 15) is 15.0 Å². The van der Waals surface area contributed by atoms with E-state index in [0.29, 0.717) is 11.8 Å². The molecular formula is C23H39NO3. The SMILES string of the molecule is C[C@H](O)[C@H]1[C@H]([C@@H]2CC[C@H](C(=O)N(C)C)C2(C)C)CCC2=C[C@@H](O)CC[C@@]21C. The zero-order valence-corrected chi connectivity index (χ0v) is 18.0. The van der Waals surface area contributed by atoms with Crippen LogP contribution in [-0.2, 0) is 4.79 Å². The first-order valence-electron chi connectivity index (χ1n) is 10.8. The number of fused-ring (bicyclic) bond motifs is 1. The van der Waals surface area contributed by atoms with Gasteiger partial charge >= 0.3 is 0 Å². The molecule has 0 spiro atoms. The summed E-state index contributed by atoms with van der Waals surface area (Å²) >= 11 is 0. The summed E-state index contributed by atoms with van der Waals surface area (Å²) in [4.78, 5) is 14.5. The van der Waals surface area contributed by atoms with Crippen molar-refractivity contribution < 1.29 is 15.0 Å². The highest BCUT2D eigenvalue weighted by Crippen LogP contribution is 2.61. The molecule has 27 heavy (non-hydrogen) atoms. The fourth-order valence-corrected chi connectivity index (χ4v) is 7.05. The summed E-state index contributed by atoms with van der Waals surface area (Å²) in [6, 6.07) is 0. The van der Waals surface area contributed by atoms with E-state index in [2.05, 4.69) is 26.8 Å². The lowest BCUT2D eigenvalue weighted by atomic mass is 9.50. The lowest BCUT2D eigenvalue weighted by molar-refractivity contribution is -0.137. The van der Waals surface area contributed by atoms with Crippen LogP contribution in [0.4, 0.5) is 0 Å². The largest absolute Gasteiger partial charge is 0.393 e. The van der Waals surface area contributed by atoms with E-state index in [1.807, 2.05) is 21.0 Å². The molecule has 0 radical (unpaired) electrons. The molecule has 2 N–H and O–H groups in total. The number of allylic oxidation sites excluding steroid dienone is 1. The summed E-state index contributed by atoms with van der Waals surface area (Å²) in [7, 11) is 3.72. The minimum absolute atomic E-state index is 0.0317. The van der Waals surface area contributed by atoms with Crippen molar-refractivity contribution in [1.82, 2.24) is 4.90 Å². The van der Waals surface area contributed by atoms with E-state index < -0.39 is 0 Å². The third-order valence-corrected chi connectivity index (χ3v) is 8.43. The van der Waals surface area contributed by atoms with Gasteiger partial charge < -0.3 is 15.1 Å². The van der Waals surface area contributed by atoms with Crippen molar-refractivity contribution in [1.29, 1.82) is 0 Å². The Bertz CT molecular complexity index is 609. The minimum atomic E-state index is -0.377. The van der Waals surface area contributed by atoms with Gasteiger partial charge in [-0.15, -0.1) is 0 Å². The highest BCUT2D eigenvalue weighted by Gasteiger charge is 2.56. The lowest BCUT2D eigenvalue weighted by Crippen LogP contribution is -2.51. The maximum Gasteiger partial charge on any atom is 0.225 e. The molecule has 0 unspecified atom stereocenters. The van der Waals surface area contributed by atoms with Gasteiger partial charge in [0.25, 0.3) is 0 Å². The van der Waals surface area contributed by atoms with Gasteiger partial charge in [-0.25, -0.2) is 0 Å². The molecule has 3 aliphatic rings. The number of hydrogen-bond donors (Lipinski definition) is 2. The Morgan fingerprint density at radius 3 is 2.44 bits per heavy atom. The first-order valence-corrected chi connectivity index (χ1v) is 10.8. The zero-order chi connectivity index (χ0) is 20.1. The van der Waals surface area contributed by atoms with Crippen LogP contribution in [0.2, 0.25) is 0 Å². The summed E-state index contributed by atoms with van der Waals surface area (Å²) < 4.78 is 0. The second-order valence-electron chi connectivity index (χ2n) is 10.5. The zero-order valence-electron chi connectivity index (χ0n) is 18.0. The number of amides is 1. The molecule has 1 amide bonds. The quantitative estimate of drug-likeness (QED) is 0.739. The van der Waals surface area contributed by atoms with Crippen LogP contribution in [-0.4, -0.2) is 47.3 Å². The van der Waals surface area contributed by atoms with Crippen molar-refractivity contribution in [3.63, 3.8) is 0 Å². The Labute approximate surface area is 165 Å². The predicted molar refractivity (Wildman–Crippen MR) is 108 cm³/mol. The van der Waals surface area contributed by atoms with Gasteiger partial charge in [-0.05, 0) is 74.0 Å². The monoisotopic (exact) mass is 377 g/mol. The molecule has 0 aromatic heterocycles. The average Bonchev–Trinajstić information content (AvgIpc) is 2.88. The second kappa shape index (κ2) is 7.18. The molecule has 3 rings (SSSR count). The van der Waals surface area contributed by atoms with Crippen LogP contribution in [0.15, 0.2) is 11.6 Å². The van der Waals surface area contributed by atoms with Gasteiger partial charge in [-0.1, -0.05) is 32.4 Å². The maximum atomic E-state index is 12.8. The molecule has 0 aromatic rings. The van der Waals surface area contributed by atoms with Crippen LogP contribution in [0.1, 0.15) is 66.2 Å². The number of rotatable bonds is 3. The van der Waals surface area contributed by atoms with Gasteiger partial charge in [0.2, 0.25) is 5.91 Å². The van der Waals surface area contributed by atoms with E-state index in [0.717, 1.165) is 38.5 Å². The Hall–Kier alpha value is -0.870. The van der Waals surface area contributed by atoms with E-state index in [4.69, 9.17) is 0 Å². The molecule has 0 aliphatic heterocycles.